The summed E-state index contributed by atoms with van der Waals surface area (Å²) in [7, 11) is 0. The van der Waals surface area contributed by atoms with Gasteiger partial charge in [-0.15, -0.1) is 0 Å². The molecule has 1 atom stereocenters. The zero-order valence-corrected chi connectivity index (χ0v) is 11.6. The molecule has 3 heteroatoms. The lowest BCUT2D eigenvalue weighted by Crippen LogP contribution is -2.23. The maximum atomic E-state index is 5.43. The summed E-state index contributed by atoms with van der Waals surface area (Å²) in [5, 5.41) is 3.44. The summed E-state index contributed by atoms with van der Waals surface area (Å²) in [5.74, 6) is 0. The van der Waals surface area contributed by atoms with Crippen LogP contribution < -0.4 is 5.32 Å². The molecule has 0 bridgehead atoms. The number of benzene rings is 1. The Labute approximate surface area is 107 Å². The third-order valence-corrected chi connectivity index (χ3v) is 3.14. The van der Waals surface area contributed by atoms with E-state index in [0.29, 0.717) is 6.04 Å². The molecule has 0 heterocycles. The summed E-state index contributed by atoms with van der Waals surface area (Å²) in [6.07, 6.45) is 1.08. The van der Waals surface area contributed by atoms with E-state index in [2.05, 4.69) is 53.3 Å². The summed E-state index contributed by atoms with van der Waals surface area (Å²) < 4.78 is 6.58. The van der Waals surface area contributed by atoms with Gasteiger partial charge >= 0.3 is 0 Å². The summed E-state index contributed by atoms with van der Waals surface area (Å²) in [4.78, 5) is 0. The quantitative estimate of drug-likeness (QED) is 0.774. The Morgan fingerprint density at radius 3 is 2.75 bits per heavy atom. The van der Waals surface area contributed by atoms with Crippen molar-refractivity contribution < 1.29 is 4.74 Å². The number of hydrogen-bond donors (Lipinski definition) is 1. The molecule has 1 rings (SSSR count). The molecule has 0 unspecified atom stereocenters. The van der Waals surface area contributed by atoms with E-state index in [9.17, 15) is 0 Å². The fourth-order valence-corrected chi connectivity index (χ4v) is 2.16. The second-order valence-electron chi connectivity index (χ2n) is 3.81. The van der Waals surface area contributed by atoms with Gasteiger partial charge in [-0.2, -0.15) is 0 Å². The van der Waals surface area contributed by atoms with E-state index in [-0.39, 0.29) is 0 Å². The Kier molecular flexibility index (Phi) is 6.69. The van der Waals surface area contributed by atoms with Gasteiger partial charge in [0, 0.05) is 23.7 Å². The summed E-state index contributed by atoms with van der Waals surface area (Å²) in [6.45, 7) is 6.81. The first kappa shape index (κ1) is 13.7. The van der Waals surface area contributed by atoms with Gasteiger partial charge in [0.2, 0.25) is 0 Å². The first-order valence-electron chi connectivity index (χ1n) is 5.81. The van der Waals surface area contributed by atoms with Crippen LogP contribution in [0.3, 0.4) is 0 Å². The van der Waals surface area contributed by atoms with E-state index in [4.69, 9.17) is 4.74 Å². The van der Waals surface area contributed by atoms with Crippen LogP contribution in [0.15, 0.2) is 28.7 Å². The maximum Gasteiger partial charge on any atom is 0.0591 e. The molecule has 0 saturated heterocycles. The lowest BCUT2D eigenvalue weighted by atomic mass is 10.1. The molecule has 0 spiro atoms. The van der Waals surface area contributed by atoms with Gasteiger partial charge < -0.3 is 10.1 Å². The van der Waals surface area contributed by atoms with E-state index < -0.39 is 0 Å². The molecule has 0 fully saturated rings. The van der Waals surface area contributed by atoms with Gasteiger partial charge in [-0.25, -0.2) is 0 Å². The zero-order chi connectivity index (χ0) is 11.8. The van der Waals surface area contributed by atoms with Gasteiger partial charge in [0.1, 0.15) is 0 Å². The van der Waals surface area contributed by atoms with Crippen molar-refractivity contribution in [1.29, 1.82) is 0 Å². The minimum absolute atomic E-state index is 0.348. The largest absolute Gasteiger partial charge is 0.380 e. The molecule has 0 aliphatic carbocycles. The van der Waals surface area contributed by atoms with Crippen molar-refractivity contribution in [3.8, 4) is 0 Å². The molecule has 1 N–H and O–H groups in total. The van der Waals surface area contributed by atoms with E-state index in [1.54, 1.807) is 0 Å². The van der Waals surface area contributed by atoms with E-state index in [1.165, 1.54) is 5.56 Å². The summed E-state index contributed by atoms with van der Waals surface area (Å²) in [5.41, 5.74) is 1.29. The molecule has 0 amide bonds. The molecule has 0 saturated carbocycles. The lowest BCUT2D eigenvalue weighted by Gasteiger charge is -2.15. The molecule has 16 heavy (non-hydrogen) atoms. The van der Waals surface area contributed by atoms with Crippen LogP contribution in [0, 0.1) is 0 Å². The molecule has 0 aliphatic rings. The number of halogens is 1. The van der Waals surface area contributed by atoms with Crippen LogP contribution in [0.25, 0.3) is 0 Å². The molecule has 2 nitrogen and oxygen atoms in total. The molecular weight excluding hydrogens is 266 g/mol. The van der Waals surface area contributed by atoms with Crippen LogP contribution in [0.4, 0.5) is 0 Å². The molecule has 0 radical (unpaired) electrons. The highest BCUT2D eigenvalue weighted by Crippen LogP contribution is 2.22. The highest BCUT2D eigenvalue weighted by Gasteiger charge is 2.06. The second kappa shape index (κ2) is 7.82. The van der Waals surface area contributed by atoms with Gasteiger partial charge in [-0.3, -0.25) is 0 Å². The number of ether oxygens (including phenoxy) is 1. The highest BCUT2D eigenvalue weighted by molar-refractivity contribution is 9.10. The minimum Gasteiger partial charge on any atom is -0.380 e. The van der Waals surface area contributed by atoms with E-state index in [1.807, 2.05) is 6.07 Å². The standard InChI is InChI=1S/C13H20BrNO/c1-3-9-16-10-8-15-11(2)12-6-4-5-7-13(12)14/h4-7,11,15H,3,8-10H2,1-2H3/t11-/m1/s1. The summed E-state index contributed by atoms with van der Waals surface area (Å²) >= 11 is 3.56. The molecule has 90 valence electrons. The molecule has 1 aromatic rings. The maximum absolute atomic E-state index is 5.43. The Balaban J connectivity index is 2.30. The van der Waals surface area contributed by atoms with Crippen LogP contribution in [0.2, 0.25) is 0 Å². The third-order valence-electron chi connectivity index (χ3n) is 2.42. The summed E-state index contributed by atoms with van der Waals surface area (Å²) in [6, 6.07) is 8.65. The topological polar surface area (TPSA) is 21.3 Å². The number of hydrogen-bond acceptors (Lipinski definition) is 2. The van der Waals surface area contributed by atoms with E-state index >= 15 is 0 Å². The Bertz CT molecular complexity index is 304. The average molecular weight is 286 g/mol. The first-order valence-corrected chi connectivity index (χ1v) is 6.60. The van der Waals surface area contributed by atoms with Gasteiger partial charge in [0.05, 0.1) is 6.61 Å². The van der Waals surface area contributed by atoms with E-state index in [0.717, 1.165) is 30.7 Å². The van der Waals surface area contributed by atoms with Crippen molar-refractivity contribution in [2.45, 2.75) is 26.3 Å². The molecule has 0 aromatic heterocycles. The van der Waals surface area contributed by atoms with Crippen LogP contribution in [-0.2, 0) is 4.74 Å². The van der Waals surface area contributed by atoms with Crippen molar-refractivity contribution in [2.24, 2.45) is 0 Å². The Morgan fingerprint density at radius 2 is 2.06 bits per heavy atom. The first-order chi connectivity index (χ1) is 7.75. The second-order valence-corrected chi connectivity index (χ2v) is 4.66. The molecular formula is C13H20BrNO. The Morgan fingerprint density at radius 1 is 1.31 bits per heavy atom. The van der Waals surface area contributed by atoms with Gasteiger partial charge in [0.15, 0.2) is 0 Å². The van der Waals surface area contributed by atoms with Crippen molar-refractivity contribution >= 4 is 15.9 Å². The molecule has 0 aliphatic heterocycles. The number of nitrogens with one attached hydrogen (secondary N) is 1. The van der Waals surface area contributed by atoms with Crippen molar-refractivity contribution in [2.75, 3.05) is 19.8 Å². The lowest BCUT2D eigenvalue weighted by molar-refractivity contribution is 0.135. The SMILES string of the molecule is CCCOCCN[C@H](C)c1ccccc1Br. The van der Waals surface area contributed by atoms with Crippen LogP contribution in [-0.4, -0.2) is 19.8 Å². The zero-order valence-electron chi connectivity index (χ0n) is 10.0. The minimum atomic E-state index is 0.348. The smallest absolute Gasteiger partial charge is 0.0591 e. The molecule has 1 aromatic carbocycles. The predicted molar refractivity (Wildman–Crippen MR) is 71.7 cm³/mol. The average Bonchev–Trinajstić information content (AvgIpc) is 2.29. The fraction of sp³-hybridized carbons (Fsp3) is 0.538. The van der Waals surface area contributed by atoms with Gasteiger partial charge in [-0.1, -0.05) is 41.1 Å². The Hall–Kier alpha value is -0.380. The van der Waals surface area contributed by atoms with Crippen molar-refractivity contribution in [3.05, 3.63) is 34.3 Å². The van der Waals surface area contributed by atoms with Gasteiger partial charge in [-0.05, 0) is 25.0 Å². The predicted octanol–water partition coefficient (Wildman–Crippen LogP) is 3.53. The van der Waals surface area contributed by atoms with Crippen molar-refractivity contribution in [1.82, 2.24) is 5.32 Å². The monoisotopic (exact) mass is 285 g/mol. The van der Waals surface area contributed by atoms with Crippen LogP contribution >= 0.6 is 15.9 Å². The van der Waals surface area contributed by atoms with Crippen LogP contribution in [0.5, 0.6) is 0 Å². The van der Waals surface area contributed by atoms with Crippen LogP contribution in [0.1, 0.15) is 31.9 Å². The number of rotatable bonds is 7. The fourth-order valence-electron chi connectivity index (χ4n) is 1.53. The highest BCUT2D eigenvalue weighted by atomic mass is 79.9. The van der Waals surface area contributed by atoms with Gasteiger partial charge in [0.25, 0.3) is 0 Å². The third kappa shape index (κ3) is 4.64. The van der Waals surface area contributed by atoms with Crippen molar-refractivity contribution in [3.63, 3.8) is 0 Å². The normalized spacial score (nSPS) is 12.7.